The van der Waals surface area contributed by atoms with Gasteiger partial charge in [-0.1, -0.05) is 0 Å². The number of rotatable bonds is 0. The van der Waals surface area contributed by atoms with Gasteiger partial charge in [0.1, 0.15) is 0 Å². The first-order chi connectivity index (χ1) is 3.06. The van der Waals surface area contributed by atoms with Crippen LogP contribution in [0.2, 0.25) is 0 Å². The van der Waals surface area contributed by atoms with Crippen LogP contribution in [0.25, 0.3) is 0 Å². The standard InChI is InChI=1S/C2HF3.BrH.Zn/c1-2(3,4)5;;/h1H;1H;/q;;+1/p-1. The van der Waals surface area contributed by atoms with Gasteiger partial charge in [0, 0.05) is 0 Å². The van der Waals surface area contributed by atoms with E-state index in [0.717, 1.165) is 0 Å². The molecule has 0 amide bonds. The van der Waals surface area contributed by atoms with Crippen LogP contribution in [0.5, 0.6) is 0 Å². The first-order valence-corrected chi connectivity index (χ1v) is 10.2. The molecule has 0 saturated heterocycles. The van der Waals surface area contributed by atoms with E-state index in [0.29, 0.717) is 4.61 Å². The Morgan fingerprint density at radius 2 is 1.86 bits per heavy atom. The average Bonchev–Trinajstić information content (AvgIpc) is 1.30. The van der Waals surface area contributed by atoms with Crippen LogP contribution in [0, 0.1) is 0 Å². The molecule has 39 valence electrons. The Labute approximate surface area is 52.6 Å². The molecule has 0 fully saturated rings. The second kappa shape index (κ2) is 2.93. The average molecular weight is 227 g/mol. The van der Waals surface area contributed by atoms with Crippen LogP contribution >= 0.6 is 13.6 Å². The Bertz CT molecular complexity index is 75.5. The fourth-order valence-corrected chi connectivity index (χ4v) is 2.36. The first-order valence-electron chi connectivity index (χ1n) is 1.53. The van der Waals surface area contributed by atoms with E-state index in [9.17, 15) is 13.2 Å². The van der Waals surface area contributed by atoms with Crippen molar-refractivity contribution in [3.8, 4) is 0 Å². The van der Waals surface area contributed by atoms with E-state index >= 15 is 0 Å². The molecule has 0 saturated carbocycles. The van der Waals surface area contributed by atoms with Crippen molar-refractivity contribution in [1.29, 1.82) is 0 Å². The van der Waals surface area contributed by atoms with Gasteiger partial charge in [0.25, 0.3) is 0 Å². The van der Waals surface area contributed by atoms with E-state index in [1.54, 1.807) is 0 Å². The van der Waals surface area contributed by atoms with Crippen LogP contribution in [-0.2, 0) is 14.7 Å². The maximum absolute atomic E-state index is 11.0. The summed E-state index contributed by atoms with van der Waals surface area (Å²) in [6.07, 6.45) is -4.04. The number of halogens is 4. The molecule has 7 heavy (non-hydrogen) atoms. The molecule has 0 N–H and O–H groups in total. The molecule has 0 unspecified atom stereocenters. The fourth-order valence-electron chi connectivity index (χ4n) is 0.0875. The molecule has 0 rings (SSSR count). The van der Waals surface area contributed by atoms with E-state index in [1.165, 1.54) is 0 Å². The van der Waals surface area contributed by atoms with Crippen molar-refractivity contribution in [2.24, 2.45) is 0 Å². The van der Waals surface area contributed by atoms with E-state index in [2.05, 4.69) is 13.6 Å². The zero-order valence-corrected chi connectivity index (χ0v) is 7.85. The number of hydrogen-bond acceptors (Lipinski definition) is 0. The van der Waals surface area contributed by atoms with Crippen molar-refractivity contribution in [2.45, 2.75) is 6.18 Å². The molecule has 0 aromatic rings. The molecule has 0 heterocycles. The van der Waals surface area contributed by atoms with Gasteiger partial charge < -0.3 is 0 Å². The SMILES string of the molecule is FC(F)(F)[CH]=[Zn][Br]. The summed E-state index contributed by atoms with van der Waals surface area (Å²) in [5, 5.41) is 0. The molecule has 0 radical (unpaired) electrons. The van der Waals surface area contributed by atoms with Crippen molar-refractivity contribution < 1.29 is 27.9 Å². The van der Waals surface area contributed by atoms with Crippen molar-refractivity contribution >= 4 is 18.2 Å². The minimum atomic E-state index is -4.04. The van der Waals surface area contributed by atoms with Crippen molar-refractivity contribution in [3.63, 3.8) is 0 Å². The van der Waals surface area contributed by atoms with Crippen LogP contribution in [0.3, 0.4) is 0 Å². The molecule has 0 atom stereocenters. The zero-order chi connectivity index (χ0) is 5.91. The number of alkyl halides is 3. The predicted molar refractivity (Wildman–Crippen MR) is 21.0 cm³/mol. The predicted octanol–water partition coefficient (Wildman–Crippen LogP) is 1.74. The Balaban J connectivity index is 3.56. The molecular formula is C2HBrF3Zn. The third kappa shape index (κ3) is 6.76. The van der Waals surface area contributed by atoms with E-state index in [4.69, 9.17) is 0 Å². The van der Waals surface area contributed by atoms with Gasteiger partial charge in [-0.25, -0.2) is 0 Å². The van der Waals surface area contributed by atoms with E-state index in [1.807, 2.05) is 0 Å². The van der Waals surface area contributed by atoms with Crippen LogP contribution in [0.1, 0.15) is 0 Å². The molecule has 0 aliphatic carbocycles. The summed E-state index contributed by atoms with van der Waals surface area (Å²) in [4.78, 5) is 0. The van der Waals surface area contributed by atoms with E-state index < -0.39 is 20.9 Å². The van der Waals surface area contributed by atoms with E-state index in [-0.39, 0.29) is 0 Å². The molecular weight excluding hydrogens is 226 g/mol. The molecule has 0 nitrogen and oxygen atoms in total. The molecule has 0 bridgehead atoms. The summed E-state index contributed by atoms with van der Waals surface area (Å²) in [7, 11) is 0. The normalized spacial score (nSPS) is 12.0. The van der Waals surface area contributed by atoms with Gasteiger partial charge in [-0.3, -0.25) is 0 Å². The van der Waals surface area contributed by atoms with Crippen LogP contribution < -0.4 is 0 Å². The summed E-state index contributed by atoms with van der Waals surface area (Å²) in [6, 6.07) is 0. The minimum absolute atomic E-state index is 0.417. The van der Waals surface area contributed by atoms with Gasteiger partial charge in [-0.2, -0.15) is 0 Å². The summed E-state index contributed by atoms with van der Waals surface area (Å²) >= 11 is 1.32. The summed E-state index contributed by atoms with van der Waals surface area (Å²) in [5.74, 6) is 0. The van der Waals surface area contributed by atoms with Crippen molar-refractivity contribution in [3.05, 3.63) is 0 Å². The summed E-state index contributed by atoms with van der Waals surface area (Å²) in [5.41, 5.74) is 0. The Kier molecular flexibility index (Phi) is 3.24. The molecule has 0 aromatic carbocycles. The van der Waals surface area contributed by atoms with Crippen molar-refractivity contribution in [1.82, 2.24) is 0 Å². The van der Waals surface area contributed by atoms with Crippen LogP contribution in [0.15, 0.2) is 0 Å². The topological polar surface area (TPSA) is 0 Å². The van der Waals surface area contributed by atoms with Gasteiger partial charge in [0.2, 0.25) is 0 Å². The fraction of sp³-hybridized carbons (Fsp3) is 0.500. The van der Waals surface area contributed by atoms with Gasteiger partial charge >= 0.3 is 52.3 Å². The summed E-state index contributed by atoms with van der Waals surface area (Å²) in [6.45, 7) is 0. The third-order valence-electron chi connectivity index (χ3n) is 0.309. The van der Waals surface area contributed by atoms with Crippen LogP contribution in [-0.4, -0.2) is 10.8 Å². The van der Waals surface area contributed by atoms with Gasteiger partial charge in [-0.15, -0.1) is 0 Å². The van der Waals surface area contributed by atoms with Gasteiger partial charge in [0.15, 0.2) is 0 Å². The molecule has 5 heteroatoms. The Hall–Kier alpha value is 0.763. The van der Waals surface area contributed by atoms with Gasteiger partial charge in [-0.05, 0) is 0 Å². The maximum atomic E-state index is 11.0. The van der Waals surface area contributed by atoms with Crippen LogP contribution in [0.4, 0.5) is 13.2 Å². The molecule has 0 aliphatic rings. The molecule has 0 aromatic heterocycles. The monoisotopic (exact) mass is 225 g/mol. The molecule has 0 aliphatic heterocycles. The molecule has 0 spiro atoms. The Morgan fingerprint density at radius 3 is 1.86 bits per heavy atom. The Morgan fingerprint density at radius 1 is 1.43 bits per heavy atom. The third-order valence-corrected chi connectivity index (χ3v) is 3.29. The van der Waals surface area contributed by atoms with Gasteiger partial charge in [0.05, 0.1) is 0 Å². The zero-order valence-electron chi connectivity index (χ0n) is 3.30. The second-order valence-corrected chi connectivity index (χ2v) is 5.77. The quantitative estimate of drug-likeness (QED) is 0.553. The first kappa shape index (κ1) is 7.76. The van der Waals surface area contributed by atoms with Crippen molar-refractivity contribution in [2.75, 3.05) is 0 Å². The summed E-state index contributed by atoms with van der Waals surface area (Å²) < 4.78 is 33.5. The second-order valence-electron chi connectivity index (χ2n) is 0.900. The number of hydrogen-bond donors (Lipinski definition) is 0.